The molecule has 1 N–H and O–H groups in total. The molecule has 110 valence electrons. The van der Waals surface area contributed by atoms with Gasteiger partial charge < -0.3 is 9.88 Å². The van der Waals surface area contributed by atoms with E-state index < -0.39 is 0 Å². The van der Waals surface area contributed by atoms with Gasteiger partial charge in [0, 0.05) is 18.1 Å². The van der Waals surface area contributed by atoms with Crippen LogP contribution in [0.25, 0.3) is 11.0 Å². The van der Waals surface area contributed by atoms with E-state index in [4.69, 9.17) is 4.98 Å². The highest BCUT2D eigenvalue weighted by Gasteiger charge is 2.35. The van der Waals surface area contributed by atoms with Crippen molar-refractivity contribution < 1.29 is 0 Å². The Bertz CT molecular complexity index is 584. The van der Waals surface area contributed by atoms with Gasteiger partial charge in [0.05, 0.1) is 11.0 Å². The van der Waals surface area contributed by atoms with E-state index in [1.165, 1.54) is 37.0 Å². The van der Waals surface area contributed by atoms with Crippen molar-refractivity contribution in [2.24, 2.45) is 0 Å². The molecular weight excluding hydrogens is 293 g/mol. The Morgan fingerprint density at radius 1 is 1.10 bits per heavy atom. The predicted octanol–water partition coefficient (Wildman–Crippen LogP) is 3.64. The molecule has 1 aromatic heterocycles. The minimum absolute atomic E-state index is 0. The molecule has 4 rings (SSSR count). The topological polar surface area (TPSA) is 29.9 Å². The van der Waals surface area contributed by atoms with Crippen molar-refractivity contribution in [3.05, 3.63) is 30.1 Å². The van der Waals surface area contributed by atoms with Gasteiger partial charge in [0.25, 0.3) is 0 Å². The molecule has 0 saturated carbocycles. The van der Waals surface area contributed by atoms with Gasteiger partial charge in [-0.1, -0.05) is 12.1 Å². The third-order valence-corrected chi connectivity index (χ3v) is 4.59. The third-order valence-electron chi connectivity index (χ3n) is 4.59. The third kappa shape index (κ3) is 2.43. The lowest BCUT2D eigenvalue weighted by Gasteiger charge is -2.31. The maximum Gasteiger partial charge on any atom is 0.106 e. The number of piperidine rings is 1. The number of aryl methyl sites for hydroxylation is 1. The molecule has 2 fully saturated rings. The van der Waals surface area contributed by atoms with Gasteiger partial charge >= 0.3 is 0 Å². The van der Waals surface area contributed by atoms with Crippen LogP contribution < -0.4 is 5.32 Å². The van der Waals surface area contributed by atoms with Crippen LogP contribution >= 0.6 is 24.8 Å². The van der Waals surface area contributed by atoms with E-state index in [1.807, 2.05) is 0 Å². The monoisotopic (exact) mass is 313 g/mol. The van der Waals surface area contributed by atoms with Crippen molar-refractivity contribution in [1.29, 1.82) is 0 Å². The molecule has 2 unspecified atom stereocenters. The van der Waals surface area contributed by atoms with Gasteiger partial charge in [0.2, 0.25) is 0 Å². The molecule has 2 aliphatic rings. The van der Waals surface area contributed by atoms with Crippen molar-refractivity contribution in [3.63, 3.8) is 0 Å². The van der Waals surface area contributed by atoms with Crippen molar-refractivity contribution in [3.8, 4) is 0 Å². The van der Waals surface area contributed by atoms with E-state index in [0.29, 0.717) is 6.04 Å². The first kappa shape index (κ1) is 15.6. The zero-order chi connectivity index (χ0) is 12.1. The molecule has 2 aromatic rings. The molecule has 5 heteroatoms. The molecule has 0 amide bonds. The van der Waals surface area contributed by atoms with Gasteiger partial charge in [-0.25, -0.2) is 4.98 Å². The second-order valence-electron chi connectivity index (χ2n) is 5.78. The van der Waals surface area contributed by atoms with Crippen LogP contribution in [0.1, 0.15) is 37.5 Å². The zero-order valence-corrected chi connectivity index (χ0v) is 13.2. The number of nitrogens with one attached hydrogen (secondary N) is 1. The van der Waals surface area contributed by atoms with E-state index in [1.54, 1.807) is 0 Å². The number of aromatic nitrogens is 2. The molecular formula is C15H21Cl2N3. The normalized spacial score (nSPS) is 27.9. The number of rotatable bonds is 1. The average Bonchev–Trinajstić information content (AvgIpc) is 2.88. The maximum atomic E-state index is 4.70. The molecule has 3 heterocycles. The SMILES string of the molecule is Cc1nc2ccccc2n1C1CC2CCC(C1)N2.Cl.Cl. The minimum atomic E-state index is 0. The summed E-state index contributed by atoms with van der Waals surface area (Å²) in [6, 6.07) is 10.6. The molecule has 20 heavy (non-hydrogen) atoms. The second-order valence-corrected chi connectivity index (χ2v) is 5.78. The number of nitrogens with zero attached hydrogens (tertiary/aromatic N) is 2. The Labute approximate surface area is 132 Å². The zero-order valence-electron chi connectivity index (χ0n) is 11.6. The number of hydrogen-bond donors (Lipinski definition) is 1. The molecule has 0 aliphatic carbocycles. The van der Waals surface area contributed by atoms with E-state index in [-0.39, 0.29) is 24.8 Å². The summed E-state index contributed by atoms with van der Waals surface area (Å²) in [7, 11) is 0. The van der Waals surface area contributed by atoms with Gasteiger partial charge in [-0.3, -0.25) is 0 Å². The predicted molar refractivity (Wildman–Crippen MR) is 87.2 cm³/mol. The lowest BCUT2D eigenvalue weighted by molar-refractivity contribution is 0.300. The highest BCUT2D eigenvalue weighted by atomic mass is 35.5. The quantitative estimate of drug-likeness (QED) is 0.871. The van der Waals surface area contributed by atoms with Gasteiger partial charge in [-0.2, -0.15) is 0 Å². The summed E-state index contributed by atoms with van der Waals surface area (Å²) < 4.78 is 2.47. The minimum Gasteiger partial charge on any atom is -0.325 e. The summed E-state index contributed by atoms with van der Waals surface area (Å²) in [5, 5.41) is 3.72. The summed E-state index contributed by atoms with van der Waals surface area (Å²) in [4.78, 5) is 4.70. The first-order valence-electron chi connectivity index (χ1n) is 7.01. The lowest BCUT2D eigenvalue weighted by Crippen LogP contribution is -2.39. The first-order chi connectivity index (χ1) is 8.81. The van der Waals surface area contributed by atoms with Crippen LogP contribution in [-0.2, 0) is 0 Å². The Kier molecular flexibility index (Phi) is 4.62. The van der Waals surface area contributed by atoms with Crippen molar-refractivity contribution >= 4 is 35.8 Å². The summed E-state index contributed by atoms with van der Waals surface area (Å²) in [6.07, 6.45) is 5.23. The van der Waals surface area contributed by atoms with E-state index in [2.05, 4.69) is 41.1 Å². The summed E-state index contributed by atoms with van der Waals surface area (Å²) in [6.45, 7) is 2.14. The fourth-order valence-electron chi connectivity index (χ4n) is 3.86. The first-order valence-corrected chi connectivity index (χ1v) is 7.01. The number of imidazole rings is 1. The van der Waals surface area contributed by atoms with Crippen molar-refractivity contribution in [2.75, 3.05) is 0 Å². The molecule has 2 saturated heterocycles. The van der Waals surface area contributed by atoms with Crippen molar-refractivity contribution in [1.82, 2.24) is 14.9 Å². The fourth-order valence-corrected chi connectivity index (χ4v) is 3.86. The van der Waals surface area contributed by atoms with Crippen LogP contribution in [0.2, 0.25) is 0 Å². The Morgan fingerprint density at radius 3 is 2.45 bits per heavy atom. The van der Waals surface area contributed by atoms with E-state index >= 15 is 0 Å². The van der Waals surface area contributed by atoms with Crippen LogP contribution in [0.3, 0.4) is 0 Å². The highest BCUT2D eigenvalue weighted by Crippen LogP contribution is 2.36. The maximum absolute atomic E-state index is 4.70. The standard InChI is InChI=1S/C15H19N3.2ClH/c1-10-16-14-4-2-3-5-15(14)18(10)13-8-11-6-7-12(9-13)17-11;;/h2-5,11-13,17H,6-9H2,1H3;2*1H. The Balaban J connectivity index is 0.000000735. The van der Waals surface area contributed by atoms with Crippen molar-refractivity contribution in [2.45, 2.75) is 50.7 Å². The largest absolute Gasteiger partial charge is 0.325 e. The van der Waals surface area contributed by atoms with E-state index in [9.17, 15) is 0 Å². The van der Waals surface area contributed by atoms with Crippen LogP contribution in [-0.4, -0.2) is 21.6 Å². The van der Waals surface area contributed by atoms with Gasteiger partial charge in [0.15, 0.2) is 0 Å². The number of benzene rings is 1. The number of halogens is 2. The van der Waals surface area contributed by atoms with Crippen LogP contribution in [0, 0.1) is 6.92 Å². The fraction of sp³-hybridized carbons (Fsp3) is 0.533. The van der Waals surface area contributed by atoms with E-state index in [0.717, 1.165) is 17.6 Å². The average molecular weight is 314 g/mol. The molecule has 2 aliphatic heterocycles. The van der Waals surface area contributed by atoms with Gasteiger partial charge in [0.1, 0.15) is 5.82 Å². The summed E-state index contributed by atoms with van der Waals surface area (Å²) in [5.74, 6) is 1.17. The summed E-state index contributed by atoms with van der Waals surface area (Å²) >= 11 is 0. The Morgan fingerprint density at radius 2 is 1.75 bits per heavy atom. The molecule has 2 atom stereocenters. The molecule has 0 spiro atoms. The summed E-state index contributed by atoms with van der Waals surface area (Å²) in [5.41, 5.74) is 2.45. The van der Waals surface area contributed by atoms with Gasteiger partial charge in [-0.05, 0) is 44.7 Å². The number of hydrogen-bond acceptors (Lipinski definition) is 2. The second kappa shape index (κ2) is 5.92. The van der Waals surface area contributed by atoms with Gasteiger partial charge in [-0.15, -0.1) is 24.8 Å². The lowest BCUT2D eigenvalue weighted by atomic mass is 9.99. The molecule has 2 bridgehead atoms. The number of fused-ring (bicyclic) bond motifs is 3. The van der Waals surface area contributed by atoms with Crippen LogP contribution in [0.5, 0.6) is 0 Å². The highest BCUT2D eigenvalue weighted by molar-refractivity contribution is 5.85. The Hall–Kier alpha value is -0.770. The number of para-hydroxylation sites is 2. The van der Waals surface area contributed by atoms with Crippen LogP contribution in [0.15, 0.2) is 24.3 Å². The smallest absolute Gasteiger partial charge is 0.106 e. The molecule has 1 aromatic carbocycles. The molecule has 0 radical (unpaired) electrons. The van der Waals surface area contributed by atoms with Crippen LogP contribution in [0.4, 0.5) is 0 Å². The molecule has 3 nitrogen and oxygen atoms in total.